The summed E-state index contributed by atoms with van der Waals surface area (Å²) in [6.45, 7) is 4.85. The summed E-state index contributed by atoms with van der Waals surface area (Å²) < 4.78 is 55.0. The summed E-state index contributed by atoms with van der Waals surface area (Å²) in [5, 5.41) is 0. The van der Waals surface area contributed by atoms with Crippen molar-refractivity contribution in [3.63, 3.8) is 0 Å². The van der Waals surface area contributed by atoms with E-state index < -0.39 is 20.0 Å². The van der Waals surface area contributed by atoms with Crippen LogP contribution in [0.4, 0.5) is 5.69 Å². The number of hydrogen-bond donors (Lipinski definition) is 0. The lowest BCUT2D eigenvalue weighted by molar-refractivity contribution is 0.477. The molecule has 0 aromatic heterocycles. The molecule has 0 N–H and O–H groups in total. The van der Waals surface area contributed by atoms with E-state index >= 15 is 0 Å². The van der Waals surface area contributed by atoms with E-state index in [9.17, 15) is 16.8 Å². The summed E-state index contributed by atoms with van der Waals surface area (Å²) in [5.74, 6) is 0. The fraction of sp³-hybridized carbons (Fsp3) is 0.400. The zero-order chi connectivity index (χ0) is 20.1. The average molecular weight is 421 g/mol. The largest absolute Gasteiger partial charge is 0.264 e. The summed E-state index contributed by atoms with van der Waals surface area (Å²) in [6.07, 6.45) is 2.25. The number of fused-ring (bicyclic) bond motifs is 1. The number of sulfonamides is 2. The zero-order valence-corrected chi connectivity index (χ0v) is 17.6. The summed E-state index contributed by atoms with van der Waals surface area (Å²) in [7, 11) is -7.23. The molecular formula is C20H24N2O4S2. The van der Waals surface area contributed by atoms with Crippen molar-refractivity contribution in [3.05, 3.63) is 53.6 Å². The van der Waals surface area contributed by atoms with Crippen molar-refractivity contribution in [1.82, 2.24) is 4.31 Å². The molecule has 2 aliphatic heterocycles. The van der Waals surface area contributed by atoms with Crippen LogP contribution in [0.25, 0.3) is 0 Å². The van der Waals surface area contributed by atoms with Gasteiger partial charge in [0.05, 0.1) is 15.5 Å². The second-order valence-corrected chi connectivity index (χ2v) is 11.3. The molecule has 28 heavy (non-hydrogen) atoms. The Hall–Kier alpha value is -1.90. The molecule has 0 aliphatic carbocycles. The van der Waals surface area contributed by atoms with Crippen LogP contribution < -0.4 is 4.31 Å². The molecule has 4 rings (SSSR count). The minimum absolute atomic E-state index is 0.242. The molecule has 2 aromatic rings. The maximum absolute atomic E-state index is 13.2. The first-order valence-electron chi connectivity index (χ1n) is 9.45. The molecule has 0 amide bonds. The summed E-state index contributed by atoms with van der Waals surface area (Å²) >= 11 is 0. The molecule has 0 radical (unpaired) electrons. The molecule has 2 aliphatic rings. The van der Waals surface area contributed by atoms with E-state index in [-0.39, 0.29) is 15.8 Å². The van der Waals surface area contributed by atoms with E-state index in [1.807, 2.05) is 13.8 Å². The van der Waals surface area contributed by atoms with E-state index in [1.165, 1.54) is 14.7 Å². The third-order valence-electron chi connectivity index (χ3n) is 5.48. The lowest BCUT2D eigenvalue weighted by Gasteiger charge is -2.24. The molecule has 2 aromatic carbocycles. The Morgan fingerprint density at radius 2 is 1.46 bits per heavy atom. The average Bonchev–Trinajstić information content (AvgIpc) is 3.29. The van der Waals surface area contributed by atoms with Crippen molar-refractivity contribution in [1.29, 1.82) is 0 Å². The van der Waals surface area contributed by atoms with Crippen molar-refractivity contribution in [3.8, 4) is 0 Å². The van der Waals surface area contributed by atoms with Crippen molar-refractivity contribution in [2.75, 3.05) is 17.4 Å². The van der Waals surface area contributed by atoms with E-state index in [0.29, 0.717) is 25.2 Å². The molecular weight excluding hydrogens is 396 g/mol. The second kappa shape index (κ2) is 6.86. The van der Waals surface area contributed by atoms with Crippen molar-refractivity contribution >= 4 is 25.7 Å². The van der Waals surface area contributed by atoms with Crippen LogP contribution in [0.2, 0.25) is 0 Å². The smallest absolute Gasteiger partial charge is 0.263 e. The fourth-order valence-electron chi connectivity index (χ4n) is 4.01. The number of benzene rings is 2. The van der Waals surface area contributed by atoms with Crippen molar-refractivity contribution in [2.24, 2.45) is 0 Å². The summed E-state index contributed by atoms with van der Waals surface area (Å²) in [4.78, 5) is 0.487. The number of nitrogens with zero attached hydrogens (tertiary/aromatic N) is 2. The van der Waals surface area contributed by atoms with Crippen molar-refractivity contribution in [2.45, 2.75) is 48.9 Å². The first kappa shape index (κ1) is 19.4. The summed E-state index contributed by atoms with van der Waals surface area (Å²) in [6, 6.07) is 11.3. The lowest BCUT2D eigenvalue weighted by atomic mass is 10.1. The molecule has 0 unspecified atom stereocenters. The predicted molar refractivity (Wildman–Crippen MR) is 108 cm³/mol. The highest BCUT2D eigenvalue weighted by molar-refractivity contribution is 7.93. The Morgan fingerprint density at radius 3 is 2.11 bits per heavy atom. The number of rotatable bonds is 4. The third kappa shape index (κ3) is 3.13. The van der Waals surface area contributed by atoms with Gasteiger partial charge in [-0.15, -0.1) is 0 Å². The molecule has 0 spiro atoms. The Morgan fingerprint density at radius 1 is 0.857 bits per heavy atom. The predicted octanol–water partition coefficient (Wildman–Crippen LogP) is 2.92. The molecule has 1 saturated heterocycles. The van der Waals surface area contributed by atoms with Crippen LogP contribution in [0, 0.1) is 6.92 Å². The molecule has 6 nitrogen and oxygen atoms in total. The highest BCUT2D eigenvalue weighted by atomic mass is 32.2. The number of aryl methyl sites for hydroxylation is 1. The van der Waals surface area contributed by atoms with Gasteiger partial charge < -0.3 is 0 Å². The van der Waals surface area contributed by atoms with Gasteiger partial charge in [-0.3, -0.25) is 4.31 Å². The van der Waals surface area contributed by atoms with E-state index in [2.05, 4.69) is 0 Å². The second-order valence-electron chi connectivity index (χ2n) is 7.57. The van der Waals surface area contributed by atoms with E-state index in [0.717, 1.165) is 24.0 Å². The Kier molecular flexibility index (Phi) is 4.76. The Bertz CT molecular complexity index is 1100. The Labute approximate surface area is 166 Å². The van der Waals surface area contributed by atoms with Gasteiger partial charge in [0, 0.05) is 19.1 Å². The van der Waals surface area contributed by atoms with Gasteiger partial charge in [0.25, 0.3) is 10.0 Å². The molecule has 150 valence electrons. The molecule has 0 saturated carbocycles. The van der Waals surface area contributed by atoms with Gasteiger partial charge in [-0.2, -0.15) is 4.31 Å². The first-order valence-corrected chi connectivity index (χ1v) is 12.3. The minimum atomic E-state index is -3.71. The Balaban J connectivity index is 1.73. The van der Waals surface area contributed by atoms with Crippen LogP contribution in [0.3, 0.4) is 0 Å². The van der Waals surface area contributed by atoms with Crippen LogP contribution >= 0.6 is 0 Å². The van der Waals surface area contributed by atoms with Crippen LogP contribution in [-0.2, 0) is 26.5 Å². The van der Waals surface area contributed by atoms with Crippen LogP contribution in [-0.4, -0.2) is 40.3 Å². The fourth-order valence-corrected chi connectivity index (χ4v) is 7.27. The van der Waals surface area contributed by atoms with Crippen LogP contribution in [0.5, 0.6) is 0 Å². The van der Waals surface area contributed by atoms with Gasteiger partial charge in [-0.1, -0.05) is 17.7 Å². The quantitative estimate of drug-likeness (QED) is 0.762. The van der Waals surface area contributed by atoms with Crippen LogP contribution in [0.1, 0.15) is 30.9 Å². The molecule has 1 atom stereocenters. The van der Waals surface area contributed by atoms with Gasteiger partial charge in [-0.05, 0) is 69.0 Å². The third-order valence-corrected chi connectivity index (χ3v) is 9.32. The minimum Gasteiger partial charge on any atom is -0.263 e. The molecule has 2 heterocycles. The van der Waals surface area contributed by atoms with Gasteiger partial charge >= 0.3 is 0 Å². The monoisotopic (exact) mass is 420 g/mol. The standard InChI is InChI=1S/C20H24N2O4S2/c1-15-5-7-18(8-6-15)28(25,26)22-16(2)13-17-14-19(9-10-20(17)22)27(23,24)21-11-3-4-12-21/h5-10,14,16H,3-4,11-13H2,1-2H3/t16-/m1/s1. The zero-order valence-electron chi connectivity index (χ0n) is 16.0. The lowest BCUT2D eigenvalue weighted by Crippen LogP contribution is -2.35. The maximum Gasteiger partial charge on any atom is 0.264 e. The van der Waals surface area contributed by atoms with Gasteiger partial charge in [0.15, 0.2) is 0 Å². The summed E-state index contributed by atoms with van der Waals surface area (Å²) in [5.41, 5.74) is 2.31. The number of anilines is 1. The molecule has 8 heteroatoms. The SMILES string of the molecule is Cc1ccc(S(=O)(=O)N2c3ccc(S(=O)(=O)N4CCCC4)cc3C[C@H]2C)cc1. The molecule has 1 fully saturated rings. The normalized spacial score (nSPS) is 20.5. The van der Waals surface area contributed by atoms with Gasteiger partial charge in [0.1, 0.15) is 0 Å². The molecule has 0 bridgehead atoms. The van der Waals surface area contributed by atoms with E-state index in [4.69, 9.17) is 0 Å². The highest BCUT2D eigenvalue weighted by Gasteiger charge is 2.37. The van der Waals surface area contributed by atoms with Crippen molar-refractivity contribution < 1.29 is 16.8 Å². The maximum atomic E-state index is 13.2. The number of hydrogen-bond acceptors (Lipinski definition) is 4. The highest BCUT2D eigenvalue weighted by Crippen LogP contribution is 2.38. The van der Waals surface area contributed by atoms with E-state index in [1.54, 1.807) is 36.4 Å². The van der Waals surface area contributed by atoms with Gasteiger partial charge in [-0.25, -0.2) is 16.8 Å². The topological polar surface area (TPSA) is 74.8 Å². The van der Waals surface area contributed by atoms with Gasteiger partial charge in [0.2, 0.25) is 10.0 Å². The first-order chi connectivity index (χ1) is 13.2. The van der Waals surface area contributed by atoms with Crippen LogP contribution in [0.15, 0.2) is 52.3 Å².